The van der Waals surface area contributed by atoms with E-state index in [1.54, 1.807) is 0 Å². The van der Waals surface area contributed by atoms with Crippen LogP contribution in [0.15, 0.2) is 42.5 Å². The van der Waals surface area contributed by atoms with E-state index in [-0.39, 0.29) is 6.79 Å². The SMILES string of the molecule is OC(CNCc1cccc(Cl)c1)c1ccc2c(c1)OCO2. The molecule has 2 aromatic rings. The van der Waals surface area contributed by atoms with Gasteiger partial charge in [-0.2, -0.15) is 0 Å². The number of nitrogens with one attached hydrogen (secondary N) is 1. The fourth-order valence-electron chi connectivity index (χ4n) is 2.24. The molecule has 0 saturated carbocycles. The molecule has 1 unspecified atom stereocenters. The van der Waals surface area contributed by atoms with Crippen LogP contribution in [0.1, 0.15) is 17.2 Å². The summed E-state index contributed by atoms with van der Waals surface area (Å²) in [6.45, 7) is 1.34. The molecule has 0 spiro atoms. The molecule has 0 amide bonds. The van der Waals surface area contributed by atoms with Gasteiger partial charge in [-0.3, -0.25) is 0 Å². The molecule has 0 radical (unpaired) electrons. The van der Waals surface area contributed by atoms with Crippen LogP contribution in [0.25, 0.3) is 0 Å². The Bertz CT molecular complexity index is 633. The van der Waals surface area contributed by atoms with Crippen molar-refractivity contribution in [3.05, 3.63) is 58.6 Å². The van der Waals surface area contributed by atoms with Crippen LogP contribution >= 0.6 is 11.6 Å². The van der Waals surface area contributed by atoms with Crippen LogP contribution in [-0.4, -0.2) is 18.4 Å². The first-order valence-corrected chi connectivity index (χ1v) is 7.13. The van der Waals surface area contributed by atoms with Crippen molar-refractivity contribution >= 4 is 11.6 Å². The van der Waals surface area contributed by atoms with Gasteiger partial charge in [0.25, 0.3) is 0 Å². The molecule has 5 heteroatoms. The summed E-state index contributed by atoms with van der Waals surface area (Å²) in [6.07, 6.45) is -0.598. The highest BCUT2D eigenvalue weighted by molar-refractivity contribution is 6.30. The molecule has 0 saturated heterocycles. The fourth-order valence-corrected chi connectivity index (χ4v) is 2.45. The number of hydrogen-bond acceptors (Lipinski definition) is 4. The first-order valence-electron chi connectivity index (χ1n) is 6.75. The Morgan fingerprint density at radius 1 is 1.14 bits per heavy atom. The summed E-state index contributed by atoms with van der Waals surface area (Å²) >= 11 is 5.93. The van der Waals surface area contributed by atoms with Gasteiger partial charge in [0.2, 0.25) is 6.79 Å². The van der Waals surface area contributed by atoms with Gasteiger partial charge in [0.15, 0.2) is 11.5 Å². The van der Waals surface area contributed by atoms with E-state index in [1.165, 1.54) is 0 Å². The Balaban J connectivity index is 1.55. The van der Waals surface area contributed by atoms with E-state index in [4.69, 9.17) is 21.1 Å². The third-order valence-electron chi connectivity index (χ3n) is 3.34. The lowest BCUT2D eigenvalue weighted by Gasteiger charge is -2.13. The third kappa shape index (κ3) is 3.47. The highest BCUT2D eigenvalue weighted by atomic mass is 35.5. The van der Waals surface area contributed by atoms with Crippen LogP contribution in [0.2, 0.25) is 5.02 Å². The normalized spacial score (nSPS) is 14.2. The van der Waals surface area contributed by atoms with Crippen LogP contribution < -0.4 is 14.8 Å². The van der Waals surface area contributed by atoms with Crippen LogP contribution in [0.3, 0.4) is 0 Å². The summed E-state index contributed by atoms with van der Waals surface area (Å²) in [5, 5.41) is 14.1. The number of rotatable bonds is 5. The van der Waals surface area contributed by atoms with Gasteiger partial charge in [-0.05, 0) is 35.4 Å². The third-order valence-corrected chi connectivity index (χ3v) is 3.57. The average Bonchev–Trinajstić information content (AvgIpc) is 2.94. The minimum Gasteiger partial charge on any atom is -0.454 e. The number of aliphatic hydroxyl groups is 1. The van der Waals surface area contributed by atoms with Crippen molar-refractivity contribution < 1.29 is 14.6 Å². The second kappa shape index (κ2) is 6.35. The van der Waals surface area contributed by atoms with Gasteiger partial charge in [-0.15, -0.1) is 0 Å². The van der Waals surface area contributed by atoms with Gasteiger partial charge in [0, 0.05) is 18.1 Å². The first kappa shape index (κ1) is 14.2. The molecule has 1 aliphatic rings. The van der Waals surface area contributed by atoms with Crippen molar-refractivity contribution in [2.45, 2.75) is 12.6 Å². The molecule has 0 aromatic heterocycles. The fraction of sp³-hybridized carbons (Fsp3) is 0.250. The lowest BCUT2D eigenvalue weighted by atomic mass is 10.1. The molecule has 2 N–H and O–H groups in total. The summed E-state index contributed by atoms with van der Waals surface area (Å²) in [4.78, 5) is 0. The second-order valence-corrected chi connectivity index (χ2v) is 5.33. The number of benzene rings is 2. The zero-order chi connectivity index (χ0) is 14.7. The molecule has 0 fully saturated rings. The van der Waals surface area contributed by atoms with Gasteiger partial charge in [-0.25, -0.2) is 0 Å². The van der Waals surface area contributed by atoms with Gasteiger partial charge >= 0.3 is 0 Å². The summed E-state index contributed by atoms with van der Waals surface area (Å²) in [7, 11) is 0. The summed E-state index contributed by atoms with van der Waals surface area (Å²) in [6, 6.07) is 13.1. The zero-order valence-corrected chi connectivity index (χ0v) is 12.1. The first-order chi connectivity index (χ1) is 10.2. The van der Waals surface area contributed by atoms with E-state index in [0.717, 1.165) is 16.9 Å². The van der Waals surface area contributed by atoms with Crippen molar-refractivity contribution in [1.29, 1.82) is 0 Å². The van der Waals surface area contributed by atoms with E-state index >= 15 is 0 Å². The maximum atomic E-state index is 10.2. The number of ether oxygens (including phenoxy) is 2. The minimum absolute atomic E-state index is 0.238. The molecule has 3 rings (SSSR count). The molecule has 0 aliphatic carbocycles. The molecule has 110 valence electrons. The van der Waals surface area contributed by atoms with E-state index in [9.17, 15) is 5.11 Å². The second-order valence-electron chi connectivity index (χ2n) is 4.89. The van der Waals surface area contributed by atoms with E-state index in [2.05, 4.69) is 5.32 Å². The van der Waals surface area contributed by atoms with Gasteiger partial charge in [0.1, 0.15) is 0 Å². The Morgan fingerprint density at radius 2 is 2.00 bits per heavy atom. The van der Waals surface area contributed by atoms with Gasteiger partial charge < -0.3 is 19.9 Å². The van der Waals surface area contributed by atoms with Crippen molar-refractivity contribution in [2.24, 2.45) is 0 Å². The van der Waals surface area contributed by atoms with Crippen LogP contribution in [0.4, 0.5) is 0 Å². The predicted molar refractivity (Wildman–Crippen MR) is 80.7 cm³/mol. The highest BCUT2D eigenvalue weighted by Gasteiger charge is 2.16. The number of halogens is 1. The highest BCUT2D eigenvalue weighted by Crippen LogP contribution is 2.34. The smallest absolute Gasteiger partial charge is 0.231 e. The lowest BCUT2D eigenvalue weighted by Crippen LogP contribution is -2.21. The Hall–Kier alpha value is -1.75. The van der Waals surface area contributed by atoms with Crippen molar-refractivity contribution in [1.82, 2.24) is 5.32 Å². The topological polar surface area (TPSA) is 50.7 Å². The molecule has 0 bridgehead atoms. The number of fused-ring (bicyclic) bond motifs is 1. The van der Waals surface area contributed by atoms with Crippen LogP contribution in [0, 0.1) is 0 Å². The van der Waals surface area contributed by atoms with Crippen LogP contribution in [0.5, 0.6) is 11.5 Å². The van der Waals surface area contributed by atoms with Gasteiger partial charge in [-0.1, -0.05) is 29.8 Å². The monoisotopic (exact) mass is 305 g/mol. The Labute approximate surface area is 128 Å². The molecular formula is C16H16ClNO3. The molecule has 1 heterocycles. The van der Waals surface area contributed by atoms with E-state index in [0.29, 0.717) is 23.9 Å². The van der Waals surface area contributed by atoms with E-state index < -0.39 is 6.10 Å². The van der Waals surface area contributed by atoms with Crippen molar-refractivity contribution in [3.63, 3.8) is 0 Å². The number of aliphatic hydroxyl groups excluding tert-OH is 1. The largest absolute Gasteiger partial charge is 0.454 e. The Kier molecular flexibility index (Phi) is 4.29. The summed E-state index contributed by atoms with van der Waals surface area (Å²) < 4.78 is 10.6. The molecule has 1 aliphatic heterocycles. The zero-order valence-electron chi connectivity index (χ0n) is 11.4. The predicted octanol–water partition coefficient (Wildman–Crippen LogP) is 2.89. The van der Waals surface area contributed by atoms with Crippen LogP contribution in [-0.2, 0) is 6.54 Å². The van der Waals surface area contributed by atoms with E-state index in [1.807, 2.05) is 42.5 Å². The molecular weight excluding hydrogens is 290 g/mol. The standard InChI is InChI=1S/C16H16ClNO3/c17-13-3-1-2-11(6-13)8-18-9-14(19)12-4-5-15-16(7-12)21-10-20-15/h1-7,14,18-19H,8-10H2. The van der Waals surface area contributed by atoms with Crippen molar-refractivity contribution in [2.75, 3.05) is 13.3 Å². The maximum absolute atomic E-state index is 10.2. The minimum atomic E-state index is -0.598. The molecule has 2 aromatic carbocycles. The molecule has 1 atom stereocenters. The molecule has 21 heavy (non-hydrogen) atoms. The van der Waals surface area contributed by atoms with Gasteiger partial charge in [0.05, 0.1) is 6.10 Å². The maximum Gasteiger partial charge on any atom is 0.231 e. The lowest BCUT2D eigenvalue weighted by molar-refractivity contribution is 0.170. The Morgan fingerprint density at radius 3 is 2.86 bits per heavy atom. The summed E-state index contributed by atoms with van der Waals surface area (Å²) in [5.74, 6) is 1.40. The molecule has 4 nitrogen and oxygen atoms in total. The quantitative estimate of drug-likeness (QED) is 0.892. The van der Waals surface area contributed by atoms with Crippen molar-refractivity contribution in [3.8, 4) is 11.5 Å². The average molecular weight is 306 g/mol. The summed E-state index contributed by atoms with van der Waals surface area (Å²) in [5.41, 5.74) is 1.89. The number of hydrogen-bond donors (Lipinski definition) is 2.